The number of rotatable bonds is 12. The lowest BCUT2D eigenvalue weighted by molar-refractivity contribution is 0.266. The van der Waals surface area contributed by atoms with Gasteiger partial charge in [0.1, 0.15) is 0 Å². The van der Waals surface area contributed by atoms with Gasteiger partial charge in [0.15, 0.2) is 0 Å². The normalized spacial score (nSPS) is 16.8. The summed E-state index contributed by atoms with van der Waals surface area (Å²) in [6.07, 6.45) is 0.293. The van der Waals surface area contributed by atoms with Crippen LogP contribution in [0.3, 0.4) is 0 Å². The van der Waals surface area contributed by atoms with E-state index in [9.17, 15) is 4.89 Å². The molecule has 0 aromatic carbocycles. The summed E-state index contributed by atoms with van der Waals surface area (Å²) in [6.45, 7) is 8.48. The maximum absolute atomic E-state index is 10.6. The van der Waals surface area contributed by atoms with E-state index in [2.05, 4.69) is 13.8 Å². The summed E-state index contributed by atoms with van der Waals surface area (Å²) in [5.74, 6) is 2.13. The standard InChI is InChI=1S/C14H37O5PSSi2/c1-13(22(16-3)17-4)9-11-21(20(7,8)15)12-10-14(2)23(18-5)19-6/h13-15,22-23H,9-12H2,1-8H3. The first-order chi connectivity index (χ1) is 10.7. The fourth-order valence-electron chi connectivity index (χ4n) is 2.59. The molecule has 0 heterocycles. The zero-order valence-corrected chi connectivity index (χ0v) is 20.1. The van der Waals surface area contributed by atoms with E-state index in [4.69, 9.17) is 17.7 Å². The minimum absolute atomic E-state index is 0.0649. The first-order valence-corrected chi connectivity index (χ1v) is 16.1. The highest BCUT2D eigenvalue weighted by molar-refractivity contribution is 8.30. The topological polar surface area (TPSA) is 57.2 Å². The van der Waals surface area contributed by atoms with Crippen LogP contribution in [0.2, 0.25) is 11.1 Å². The molecule has 23 heavy (non-hydrogen) atoms. The van der Waals surface area contributed by atoms with E-state index < -0.39 is 24.8 Å². The molecule has 1 N–H and O–H groups in total. The molecule has 5 nitrogen and oxygen atoms in total. The monoisotopic (exact) mass is 404 g/mol. The molecule has 0 aromatic rings. The molecule has 0 saturated heterocycles. The van der Waals surface area contributed by atoms with Crippen molar-refractivity contribution in [1.29, 1.82) is 0 Å². The average Bonchev–Trinajstić information content (AvgIpc) is 2.48. The number of hydrogen-bond donors (Lipinski definition) is 1. The fraction of sp³-hybridized carbons (Fsp3) is 1.00. The first-order valence-electron chi connectivity index (χ1n) is 8.07. The van der Waals surface area contributed by atoms with Gasteiger partial charge in [-0.15, -0.1) is 0 Å². The van der Waals surface area contributed by atoms with Crippen LogP contribution in [0.4, 0.5) is 0 Å². The Bertz CT molecular complexity index is 340. The fourth-order valence-corrected chi connectivity index (χ4v) is 11.9. The molecule has 0 saturated carbocycles. The van der Waals surface area contributed by atoms with Crippen molar-refractivity contribution < 1.29 is 22.6 Å². The highest BCUT2D eigenvalue weighted by Gasteiger charge is 2.23. The van der Waals surface area contributed by atoms with Crippen molar-refractivity contribution in [3.05, 3.63) is 0 Å². The maximum atomic E-state index is 10.6. The average molecular weight is 405 g/mol. The Hall–Kier alpha value is 1.01. The Morgan fingerprint density at radius 3 is 1.35 bits per heavy atom. The highest BCUT2D eigenvalue weighted by atomic mass is 32.5. The maximum Gasteiger partial charge on any atom is 0.323 e. The Labute approximate surface area is 148 Å². The molecule has 0 rings (SSSR count). The summed E-state index contributed by atoms with van der Waals surface area (Å²) in [7, 11) is 3.89. The minimum atomic E-state index is -1.84. The van der Waals surface area contributed by atoms with E-state index in [0.717, 1.165) is 24.3 Å². The van der Waals surface area contributed by atoms with Crippen LogP contribution in [-0.4, -0.2) is 76.7 Å². The zero-order valence-electron chi connectivity index (χ0n) is 16.1. The van der Waals surface area contributed by atoms with Crippen molar-refractivity contribution in [3.8, 4) is 0 Å². The van der Waals surface area contributed by atoms with E-state index in [1.807, 2.05) is 13.3 Å². The van der Waals surface area contributed by atoms with Gasteiger partial charge in [-0.1, -0.05) is 13.8 Å². The first kappa shape index (κ1) is 24.0. The van der Waals surface area contributed by atoms with Crippen molar-refractivity contribution in [2.24, 2.45) is 0 Å². The van der Waals surface area contributed by atoms with Gasteiger partial charge in [0.05, 0.1) is 0 Å². The van der Waals surface area contributed by atoms with Crippen molar-refractivity contribution >= 4 is 34.9 Å². The molecule has 0 aliphatic heterocycles. The Morgan fingerprint density at radius 1 is 0.826 bits per heavy atom. The second kappa shape index (κ2) is 12.4. The molecular formula is C14H37O5PSSi2. The highest BCUT2D eigenvalue weighted by Crippen LogP contribution is 2.39. The van der Waals surface area contributed by atoms with Crippen molar-refractivity contribution in [1.82, 2.24) is 0 Å². The van der Waals surface area contributed by atoms with Gasteiger partial charge in [-0.05, 0) is 48.8 Å². The third-order valence-electron chi connectivity index (χ3n) is 4.11. The quantitative estimate of drug-likeness (QED) is 0.399. The molecular weight excluding hydrogens is 367 g/mol. The van der Waals surface area contributed by atoms with Gasteiger partial charge in [0.25, 0.3) is 0 Å². The predicted molar refractivity (Wildman–Crippen MR) is 109 cm³/mol. The molecule has 9 heteroatoms. The van der Waals surface area contributed by atoms with Crippen molar-refractivity contribution in [2.75, 3.05) is 53.3 Å². The van der Waals surface area contributed by atoms with E-state index in [0.29, 0.717) is 11.1 Å². The van der Waals surface area contributed by atoms with Gasteiger partial charge in [0.2, 0.25) is 0 Å². The molecule has 0 aliphatic rings. The van der Waals surface area contributed by atoms with Gasteiger partial charge in [-0.25, -0.2) is 0 Å². The molecule has 0 aliphatic carbocycles. The molecule has 2 unspecified atom stereocenters. The summed E-state index contributed by atoms with van der Waals surface area (Å²) in [6, 6.07) is 0. The molecule has 0 aromatic heterocycles. The lowest BCUT2D eigenvalue weighted by atomic mass is 10.4. The van der Waals surface area contributed by atoms with Crippen molar-refractivity contribution in [3.63, 3.8) is 0 Å². The molecule has 0 radical (unpaired) electrons. The summed E-state index contributed by atoms with van der Waals surface area (Å²) < 4.78 is 21.9. The molecule has 142 valence electrons. The molecule has 2 atom stereocenters. The Morgan fingerprint density at radius 2 is 1.13 bits per heavy atom. The van der Waals surface area contributed by atoms with Crippen LogP contribution in [0.15, 0.2) is 0 Å². The second-order valence-electron chi connectivity index (χ2n) is 6.38. The zero-order chi connectivity index (χ0) is 18.0. The van der Waals surface area contributed by atoms with Gasteiger partial charge >= 0.3 is 18.6 Å². The number of hydrogen-bond acceptors (Lipinski definition) is 4. The molecule has 0 bridgehead atoms. The largest absolute Gasteiger partial charge is 0.400 e. The van der Waals surface area contributed by atoms with Crippen LogP contribution in [0.5, 0.6) is 0 Å². The predicted octanol–water partition coefficient (Wildman–Crippen LogP) is 2.29. The molecule has 0 amide bonds. The summed E-state index contributed by atoms with van der Waals surface area (Å²) in [5.41, 5.74) is 0.924. The SMILES string of the molecule is CO[SiH](OC)C(C)CCS(CCC(C)[SiH](OC)OC)=P(C)(C)O. The van der Waals surface area contributed by atoms with Gasteiger partial charge in [0, 0.05) is 34.7 Å². The molecule has 0 spiro atoms. The van der Waals surface area contributed by atoms with Crippen LogP contribution in [-0.2, 0) is 27.8 Å². The summed E-state index contributed by atoms with van der Waals surface area (Å²) >= 11 is 0. The summed E-state index contributed by atoms with van der Waals surface area (Å²) in [4.78, 5) is 10.6. The van der Waals surface area contributed by atoms with Gasteiger partial charge < -0.3 is 22.6 Å². The smallest absolute Gasteiger partial charge is 0.323 e. The lowest BCUT2D eigenvalue weighted by Crippen LogP contribution is -2.27. The van der Waals surface area contributed by atoms with E-state index in [-0.39, 0.29) is 10.1 Å². The van der Waals surface area contributed by atoms with Crippen molar-refractivity contribution in [2.45, 2.75) is 37.8 Å². The lowest BCUT2D eigenvalue weighted by Gasteiger charge is -2.25. The molecule has 0 fully saturated rings. The van der Waals surface area contributed by atoms with E-state index >= 15 is 0 Å². The van der Waals surface area contributed by atoms with E-state index in [1.54, 1.807) is 28.4 Å². The van der Waals surface area contributed by atoms with Crippen LogP contribution in [0, 0.1) is 0 Å². The van der Waals surface area contributed by atoms with Crippen LogP contribution < -0.4 is 0 Å². The van der Waals surface area contributed by atoms with Crippen LogP contribution in [0.1, 0.15) is 26.7 Å². The van der Waals surface area contributed by atoms with Crippen LogP contribution >= 0.6 is 6.26 Å². The van der Waals surface area contributed by atoms with Gasteiger partial charge in [-0.3, -0.25) is 0 Å². The third-order valence-corrected chi connectivity index (χ3v) is 16.1. The second-order valence-corrected chi connectivity index (χ2v) is 20.6. The van der Waals surface area contributed by atoms with Gasteiger partial charge in [-0.2, -0.15) is 10.1 Å². The summed E-state index contributed by atoms with van der Waals surface area (Å²) in [5, 5.41) is 0. The Kier molecular flexibility index (Phi) is 12.9. The third kappa shape index (κ3) is 9.32. The minimum Gasteiger partial charge on any atom is -0.400 e. The Balaban J connectivity index is 4.70. The van der Waals surface area contributed by atoms with E-state index in [1.165, 1.54) is 0 Å². The van der Waals surface area contributed by atoms with Crippen LogP contribution in [0.25, 0.3) is 0 Å².